The quantitative estimate of drug-likeness (QED) is 0.650. The first-order chi connectivity index (χ1) is 13.0. The van der Waals surface area contributed by atoms with E-state index in [4.69, 9.17) is 0 Å². The molecule has 1 aromatic carbocycles. The lowest BCUT2D eigenvalue weighted by Gasteiger charge is -2.36. The van der Waals surface area contributed by atoms with Crippen LogP contribution in [-0.2, 0) is 10.3 Å². The van der Waals surface area contributed by atoms with Crippen molar-refractivity contribution in [1.82, 2.24) is 25.7 Å². The predicted octanol–water partition coefficient (Wildman–Crippen LogP) is 0.786. The molecule has 144 valence electrons. The van der Waals surface area contributed by atoms with Gasteiger partial charge in [-0.1, -0.05) is 6.07 Å². The average molecular weight is 377 g/mol. The maximum absolute atomic E-state index is 13.6. The predicted molar refractivity (Wildman–Crippen MR) is 94.0 cm³/mol. The first kappa shape index (κ1) is 19.0. The van der Waals surface area contributed by atoms with Gasteiger partial charge in [0.1, 0.15) is 22.7 Å². The number of hydrogen-bond acceptors (Lipinski definition) is 4. The Morgan fingerprint density at radius 1 is 1.11 bits per heavy atom. The molecular weight excluding hydrogens is 356 g/mol. The summed E-state index contributed by atoms with van der Waals surface area (Å²) >= 11 is 0. The third-order valence-corrected chi connectivity index (χ3v) is 4.68. The highest BCUT2D eigenvalue weighted by Gasteiger charge is 2.41. The van der Waals surface area contributed by atoms with E-state index in [-0.39, 0.29) is 19.0 Å². The van der Waals surface area contributed by atoms with Gasteiger partial charge in [-0.15, -0.1) is 0 Å². The second-order valence-electron chi connectivity index (χ2n) is 6.34. The van der Waals surface area contributed by atoms with Gasteiger partial charge >= 0.3 is 0 Å². The zero-order chi connectivity index (χ0) is 19.3. The highest BCUT2D eigenvalue weighted by atomic mass is 19.1. The van der Waals surface area contributed by atoms with Crippen LogP contribution in [0.4, 0.5) is 8.78 Å². The van der Waals surface area contributed by atoms with Crippen molar-refractivity contribution in [2.75, 3.05) is 26.2 Å². The van der Waals surface area contributed by atoms with Crippen LogP contribution in [0.2, 0.25) is 0 Å². The van der Waals surface area contributed by atoms with Gasteiger partial charge in [0.05, 0.1) is 0 Å². The molecule has 1 aliphatic heterocycles. The van der Waals surface area contributed by atoms with Crippen LogP contribution in [-0.4, -0.2) is 47.8 Å². The van der Waals surface area contributed by atoms with Crippen LogP contribution in [0.25, 0.3) is 0 Å². The molecule has 2 amide bonds. The van der Waals surface area contributed by atoms with Crippen LogP contribution in [0.3, 0.4) is 0 Å². The molecule has 9 heteroatoms. The minimum atomic E-state index is -0.927. The van der Waals surface area contributed by atoms with Gasteiger partial charge in [0, 0.05) is 25.5 Å². The van der Waals surface area contributed by atoms with Crippen LogP contribution in [0, 0.1) is 11.6 Å². The molecule has 0 aliphatic carbocycles. The number of nitrogens with zero attached hydrogens (tertiary/aromatic N) is 2. The molecule has 2 heterocycles. The normalized spacial score (nSPS) is 15.9. The van der Waals surface area contributed by atoms with E-state index < -0.39 is 28.6 Å². The number of piperidine rings is 1. The molecule has 7 nitrogen and oxygen atoms in total. The van der Waals surface area contributed by atoms with Crippen LogP contribution in [0.15, 0.2) is 36.7 Å². The molecule has 3 rings (SSSR count). The van der Waals surface area contributed by atoms with E-state index >= 15 is 0 Å². The van der Waals surface area contributed by atoms with Crippen LogP contribution in [0.1, 0.15) is 23.2 Å². The molecule has 1 aromatic heterocycles. The summed E-state index contributed by atoms with van der Waals surface area (Å²) in [6.07, 6.45) is 4.56. The minimum absolute atomic E-state index is 0.0474. The van der Waals surface area contributed by atoms with Crippen LogP contribution < -0.4 is 16.0 Å². The van der Waals surface area contributed by atoms with Gasteiger partial charge in [0.25, 0.3) is 5.91 Å². The van der Waals surface area contributed by atoms with Gasteiger partial charge in [-0.3, -0.25) is 14.3 Å². The van der Waals surface area contributed by atoms with Crippen molar-refractivity contribution in [3.8, 4) is 0 Å². The number of amides is 2. The summed E-state index contributed by atoms with van der Waals surface area (Å²) in [5.74, 6) is -2.91. The second kappa shape index (κ2) is 8.26. The van der Waals surface area contributed by atoms with E-state index in [9.17, 15) is 18.4 Å². The van der Waals surface area contributed by atoms with Crippen molar-refractivity contribution in [1.29, 1.82) is 0 Å². The SMILES string of the molecule is O=C(NCCNC(=O)C1(n2cccn2)CCNCC1)c1c(F)cccc1F. The first-order valence-corrected chi connectivity index (χ1v) is 8.76. The maximum atomic E-state index is 13.6. The standard InChI is InChI=1S/C18H21F2N5O2/c19-13-3-1-4-14(20)15(13)16(26)22-10-11-23-17(27)18(5-8-21-9-6-18)25-12-2-7-24-25/h1-4,7,12,21H,5-6,8-11H2,(H,22,26)(H,23,27). The van der Waals surface area contributed by atoms with E-state index in [1.807, 2.05) is 0 Å². The van der Waals surface area contributed by atoms with E-state index in [0.29, 0.717) is 25.9 Å². The Bertz CT molecular complexity index is 784. The summed E-state index contributed by atoms with van der Waals surface area (Å²) < 4.78 is 28.9. The lowest BCUT2D eigenvalue weighted by atomic mass is 9.87. The molecule has 0 atom stereocenters. The molecule has 27 heavy (non-hydrogen) atoms. The number of carbonyl (C=O) groups excluding carboxylic acids is 2. The molecule has 0 bridgehead atoms. The van der Waals surface area contributed by atoms with Crippen molar-refractivity contribution in [3.05, 3.63) is 53.9 Å². The molecule has 1 fully saturated rings. The number of halogens is 2. The monoisotopic (exact) mass is 377 g/mol. The minimum Gasteiger partial charge on any atom is -0.352 e. The number of benzene rings is 1. The van der Waals surface area contributed by atoms with Gasteiger partial charge in [-0.05, 0) is 44.1 Å². The Morgan fingerprint density at radius 2 is 1.78 bits per heavy atom. The Balaban J connectivity index is 1.56. The van der Waals surface area contributed by atoms with E-state index in [1.165, 1.54) is 6.07 Å². The summed E-state index contributed by atoms with van der Waals surface area (Å²) in [6, 6.07) is 4.99. The van der Waals surface area contributed by atoms with Crippen molar-refractivity contribution < 1.29 is 18.4 Å². The highest BCUT2D eigenvalue weighted by Crippen LogP contribution is 2.27. The van der Waals surface area contributed by atoms with Crippen molar-refractivity contribution >= 4 is 11.8 Å². The molecule has 0 saturated carbocycles. The van der Waals surface area contributed by atoms with Gasteiger partial charge < -0.3 is 16.0 Å². The third kappa shape index (κ3) is 3.97. The summed E-state index contributed by atoms with van der Waals surface area (Å²) in [6.45, 7) is 1.57. The Morgan fingerprint density at radius 3 is 2.41 bits per heavy atom. The molecule has 0 unspecified atom stereocenters. The molecule has 1 saturated heterocycles. The van der Waals surface area contributed by atoms with Gasteiger partial charge in [0.15, 0.2) is 0 Å². The molecular formula is C18H21F2N5O2. The van der Waals surface area contributed by atoms with E-state index in [2.05, 4.69) is 21.0 Å². The largest absolute Gasteiger partial charge is 0.352 e. The number of aromatic nitrogens is 2. The smallest absolute Gasteiger partial charge is 0.257 e. The summed E-state index contributed by atoms with van der Waals surface area (Å²) in [5.41, 5.74) is -1.41. The first-order valence-electron chi connectivity index (χ1n) is 8.76. The number of nitrogens with one attached hydrogen (secondary N) is 3. The number of rotatable bonds is 6. The van der Waals surface area contributed by atoms with Crippen molar-refractivity contribution in [3.63, 3.8) is 0 Å². The Labute approximate surface area is 155 Å². The van der Waals surface area contributed by atoms with Gasteiger partial charge in [-0.25, -0.2) is 8.78 Å². The molecule has 3 N–H and O–H groups in total. The molecule has 0 spiro atoms. The fourth-order valence-electron chi connectivity index (χ4n) is 3.24. The summed E-state index contributed by atoms with van der Waals surface area (Å²) in [5, 5.41) is 12.6. The zero-order valence-electron chi connectivity index (χ0n) is 14.7. The number of carbonyl (C=O) groups is 2. The lowest BCUT2D eigenvalue weighted by molar-refractivity contribution is -0.131. The lowest BCUT2D eigenvalue weighted by Crippen LogP contribution is -2.55. The fourth-order valence-corrected chi connectivity index (χ4v) is 3.24. The summed E-state index contributed by atoms with van der Waals surface area (Å²) in [4.78, 5) is 24.8. The van der Waals surface area contributed by atoms with Crippen LogP contribution in [0.5, 0.6) is 0 Å². The van der Waals surface area contributed by atoms with E-state index in [1.54, 1.807) is 23.1 Å². The van der Waals surface area contributed by atoms with Gasteiger partial charge in [-0.2, -0.15) is 5.10 Å². The van der Waals surface area contributed by atoms with Crippen LogP contribution >= 0.6 is 0 Å². The van der Waals surface area contributed by atoms with Gasteiger partial charge in [0.2, 0.25) is 5.91 Å². The van der Waals surface area contributed by atoms with Crippen molar-refractivity contribution in [2.24, 2.45) is 0 Å². The average Bonchev–Trinajstić information content (AvgIpc) is 3.21. The third-order valence-electron chi connectivity index (χ3n) is 4.68. The molecule has 0 radical (unpaired) electrons. The second-order valence-corrected chi connectivity index (χ2v) is 6.34. The fraction of sp³-hybridized carbons (Fsp3) is 0.389. The summed E-state index contributed by atoms with van der Waals surface area (Å²) in [7, 11) is 0. The van der Waals surface area contributed by atoms with Crippen molar-refractivity contribution in [2.45, 2.75) is 18.4 Å². The number of hydrogen-bond donors (Lipinski definition) is 3. The Kier molecular flexibility index (Phi) is 5.80. The topological polar surface area (TPSA) is 88.1 Å². The van der Waals surface area contributed by atoms with E-state index in [0.717, 1.165) is 12.1 Å². The maximum Gasteiger partial charge on any atom is 0.257 e. The zero-order valence-corrected chi connectivity index (χ0v) is 14.7. The highest BCUT2D eigenvalue weighted by molar-refractivity contribution is 5.94. The molecule has 1 aliphatic rings. The Hall–Kier alpha value is -2.81. The molecule has 2 aromatic rings.